The Bertz CT molecular complexity index is 857. The summed E-state index contributed by atoms with van der Waals surface area (Å²) in [6.45, 7) is 4.10. The SMILES string of the molecule is Cc1ccc(C)c(Cc2nc(NC3CCCCC3)c(C#N)c(=O)[nH]2)c1. The summed E-state index contributed by atoms with van der Waals surface area (Å²) in [4.78, 5) is 19.7. The lowest BCUT2D eigenvalue weighted by Gasteiger charge is -2.23. The normalized spacial score (nSPS) is 14.9. The highest BCUT2D eigenvalue weighted by atomic mass is 16.1. The van der Waals surface area contributed by atoms with Gasteiger partial charge < -0.3 is 10.3 Å². The Balaban J connectivity index is 1.91. The molecule has 2 N–H and O–H groups in total. The first-order valence-electron chi connectivity index (χ1n) is 8.93. The molecule has 3 rings (SSSR count). The highest BCUT2D eigenvalue weighted by Gasteiger charge is 2.18. The Kier molecular flexibility index (Phi) is 5.18. The minimum Gasteiger partial charge on any atom is -0.366 e. The molecule has 0 atom stereocenters. The molecular formula is C20H24N4O. The van der Waals surface area contributed by atoms with Crippen molar-refractivity contribution in [1.82, 2.24) is 9.97 Å². The van der Waals surface area contributed by atoms with Crippen molar-refractivity contribution in [3.8, 4) is 6.07 Å². The number of hydrogen-bond acceptors (Lipinski definition) is 4. The first-order valence-corrected chi connectivity index (χ1v) is 8.93. The van der Waals surface area contributed by atoms with Crippen molar-refractivity contribution >= 4 is 5.82 Å². The molecule has 0 saturated heterocycles. The van der Waals surface area contributed by atoms with Crippen LogP contribution in [0.4, 0.5) is 5.82 Å². The number of aryl methyl sites for hydroxylation is 2. The number of benzene rings is 1. The number of anilines is 1. The number of aromatic nitrogens is 2. The standard InChI is InChI=1S/C20H24N4O/c1-13-8-9-14(2)15(10-13)11-18-23-19(17(12-21)20(25)24-18)22-16-6-4-3-5-7-16/h8-10,16H,3-7,11H2,1-2H3,(H2,22,23,24,25). The summed E-state index contributed by atoms with van der Waals surface area (Å²) in [5.41, 5.74) is 3.19. The fourth-order valence-electron chi connectivity index (χ4n) is 3.42. The van der Waals surface area contributed by atoms with E-state index in [0.717, 1.165) is 18.4 Å². The fraction of sp³-hybridized carbons (Fsp3) is 0.450. The average molecular weight is 336 g/mol. The number of rotatable bonds is 4. The van der Waals surface area contributed by atoms with Crippen LogP contribution in [0, 0.1) is 25.2 Å². The van der Waals surface area contributed by atoms with E-state index in [1.54, 1.807) is 0 Å². The van der Waals surface area contributed by atoms with Gasteiger partial charge in [0.1, 0.15) is 11.9 Å². The second-order valence-corrected chi connectivity index (χ2v) is 6.93. The van der Waals surface area contributed by atoms with Crippen molar-refractivity contribution < 1.29 is 0 Å². The molecule has 1 saturated carbocycles. The quantitative estimate of drug-likeness (QED) is 0.894. The van der Waals surface area contributed by atoms with Gasteiger partial charge in [-0.05, 0) is 37.8 Å². The van der Waals surface area contributed by atoms with E-state index in [0.29, 0.717) is 24.1 Å². The molecule has 1 aromatic carbocycles. The van der Waals surface area contributed by atoms with Gasteiger partial charge in [0.05, 0.1) is 0 Å². The molecule has 0 amide bonds. The van der Waals surface area contributed by atoms with Gasteiger partial charge in [-0.25, -0.2) is 4.98 Å². The van der Waals surface area contributed by atoms with E-state index in [4.69, 9.17) is 0 Å². The van der Waals surface area contributed by atoms with Crippen molar-refractivity contribution in [2.45, 2.75) is 58.4 Å². The van der Waals surface area contributed by atoms with Crippen LogP contribution in [0.3, 0.4) is 0 Å². The molecule has 1 aromatic heterocycles. The van der Waals surface area contributed by atoms with E-state index in [1.807, 2.05) is 13.0 Å². The zero-order valence-electron chi connectivity index (χ0n) is 14.9. The van der Waals surface area contributed by atoms with Gasteiger partial charge in [0, 0.05) is 12.5 Å². The number of nitrogens with zero attached hydrogens (tertiary/aromatic N) is 2. The lowest BCUT2D eigenvalue weighted by molar-refractivity contribution is 0.461. The van der Waals surface area contributed by atoms with Gasteiger partial charge in [0.2, 0.25) is 0 Å². The second kappa shape index (κ2) is 7.52. The molecule has 0 unspecified atom stereocenters. The van der Waals surface area contributed by atoms with Gasteiger partial charge in [-0.2, -0.15) is 5.26 Å². The number of aromatic amines is 1. The molecule has 0 spiro atoms. The van der Waals surface area contributed by atoms with Gasteiger partial charge >= 0.3 is 0 Å². The van der Waals surface area contributed by atoms with Crippen LogP contribution in [0.25, 0.3) is 0 Å². The lowest BCUT2D eigenvalue weighted by Crippen LogP contribution is -2.26. The fourth-order valence-corrected chi connectivity index (χ4v) is 3.42. The van der Waals surface area contributed by atoms with Crippen LogP contribution in [-0.4, -0.2) is 16.0 Å². The Morgan fingerprint density at radius 2 is 2.04 bits per heavy atom. The third kappa shape index (κ3) is 4.08. The summed E-state index contributed by atoms with van der Waals surface area (Å²) in [5, 5.41) is 12.7. The molecule has 5 heteroatoms. The predicted octanol–water partition coefficient (Wildman–Crippen LogP) is 3.59. The third-order valence-electron chi connectivity index (χ3n) is 4.89. The summed E-state index contributed by atoms with van der Waals surface area (Å²) in [5.74, 6) is 1.02. The van der Waals surface area contributed by atoms with E-state index in [-0.39, 0.29) is 11.1 Å². The molecule has 0 radical (unpaired) electrons. The Morgan fingerprint density at radius 3 is 2.76 bits per heavy atom. The lowest BCUT2D eigenvalue weighted by atomic mass is 9.95. The van der Waals surface area contributed by atoms with Gasteiger partial charge in [0.25, 0.3) is 5.56 Å². The van der Waals surface area contributed by atoms with Crippen molar-refractivity contribution in [2.75, 3.05) is 5.32 Å². The van der Waals surface area contributed by atoms with Crippen LogP contribution < -0.4 is 10.9 Å². The van der Waals surface area contributed by atoms with Crippen LogP contribution in [0.5, 0.6) is 0 Å². The summed E-state index contributed by atoms with van der Waals surface area (Å²) in [7, 11) is 0. The summed E-state index contributed by atoms with van der Waals surface area (Å²) in [6.07, 6.45) is 6.28. The first-order chi connectivity index (χ1) is 12.1. The van der Waals surface area contributed by atoms with E-state index >= 15 is 0 Å². The van der Waals surface area contributed by atoms with Crippen molar-refractivity contribution in [3.05, 3.63) is 56.6 Å². The first kappa shape index (κ1) is 17.2. The summed E-state index contributed by atoms with van der Waals surface area (Å²) >= 11 is 0. The van der Waals surface area contributed by atoms with Gasteiger partial charge in [-0.3, -0.25) is 4.79 Å². The van der Waals surface area contributed by atoms with Crippen LogP contribution >= 0.6 is 0 Å². The molecule has 1 aliphatic carbocycles. The topological polar surface area (TPSA) is 81.6 Å². The molecule has 2 aromatic rings. The largest absolute Gasteiger partial charge is 0.366 e. The van der Waals surface area contributed by atoms with Crippen LogP contribution in [0.2, 0.25) is 0 Å². The molecule has 0 aliphatic heterocycles. The van der Waals surface area contributed by atoms with Crippen LogP contribution in [0.1, 0.15) is 60.2 Å². The molecule has 5 nitrogen and oxygen atoms in total. The van der Waals surface area contributed by atoms with Crippen LogP contribution in [-0.2, 0) is 6.42 Å². The smallest absolute Gasteiger partial charge is 0.271 e. The molecule has 1 fully saturated rings. The maximum atomic E-state index is 12.3. The maximum Gasteiger partial charge on any atom is 0.271 e. The Morgan fingerprint density at radius 1 is 1.28 bits per heavy atom. The number of hydrogen-bond donors (Lipinski definition) is 2. The van der Waals surface area contributed by atoms with E-state index in [1.165, 1.54) is 30.4 Å². The molecular weight excluding hydrogens is 312 g/mol. The molecule has 1 heterocycles. The highest BCUT2D eigenvalue weighted by Crippen LogP contribution is 2.22. The number of nitrogens with one attached hydrogen (secondary N) is 2. The second-order valence-electron chi connectivity index (χ2n) is 6.93. The zero-order valence-corrected chi connectivity index (χ0v) is 14.9. The zero-order chi connectivity index (χ0) is 17.8. The predicted molar refractivity (Wildman–Crippen MR) is 98.8 cm³/mol. The van der Waals surface area contributed by atoms with E-state index < -0.39 is 0 Å². The minimum absolute atomic E-state index is 0.0790. The average Bonchev–Trinajstić information content (AvgIpc) is 2.59. The van der Waals surface area contributed by atoms with Gasteiger partial charge in [-0.1, -0.05) is 43.0 Å². The summed E-state index contributed by atoms with van der Waals surface area (Å²) in [6, 6.07) is 8.55. The minimum atomic E-state index is -0.365. The van der Waals surface area contributed by atoms with E-state index in [9.17, 15) is 10.1 Å². The highest BCUT2D eigenvalue weighted by molar-refractivity contribution is 5.51. The number of H-pyrrole nitrogens is 1. The van der Waals surface area contributed by atoms with E-state index in [2.05, 4.69) is 40.4 Å². The molecule has 1 aliphatic rings. The monoisotopic (exact) mass is 336 g/mol. The Labute approximate surface area is 148 Å². The molecule has 25 heavy (non-hydrogen) atoms. The van der Waals surface area contributed by atoms with Crippen molar-refractivity contribution in [3.63, 3.8) is 0 Å². The molecule has 130 valence electrons. The van der Waals surface area contributed by atoms with Gasteiger partial charge in [-0.15, -0.1) is 0 Å². The van der Waals surface area contributed by atoms with Crippen molar-refractivity contribution in [1.29, 1.82) is 5.26 Å². The summed E-state index contributed by atoms with van der Waals surface area (Å²) < 4.78 is 0. The van der Waals surface area contributed by atoms with Crippen LogP contribution in [0.15, 0.2) is 23.0 Å². The number of nitriles is 1. The van der Waals surface area contributed by atoms with Gasteiger partial charge in [0.15, 0.2) is 11.4 Å². The Hall–Kier alpha value is -2.61. The third-order valence-corrected chi connectivity index (χ3v) is 4.89. The molecule has 0 bridgehead atoms. The van der Waals surface area contributed by atoms with Crippen molar-refractivity contribution in [2.24, 2.45) is 0 Å². The maximum absolute atomic E-state index is 12.3.